The van der Waals surface area contributed by atoms with Gasteiger partial charge >= 0.3 is 6.18 Å². The molecular formula is C26H30F3N3O4. The van der Waals surface area contributed by atoms with Gasteiger partial charge in [0.25, 0.3) is 5.91 Å². The maximum atomic E-state index is 13.0. The number of alkyl halides is 3. The Morgan fingerprint density at radius 1 is 0.917 bits per heavy atom. The molecule has 3 N–H and O–H groups in total. The lowest BCUT2D eigenvalue weighted by atomic mass is 10.0. The summed E-state index contributed by atoms with van der Waals surface area (Å²) < 4.78 is 38.5. The number of aldehydes is 1. The molecule has 0 heterocycles. The molecule has 2 rings (SSSR count). The van der Waals surface area contributed by atoms with E-state index in [1.165, 1.54) is 6.92 Å². The van der Waals surface area contributed by atoms with E-state index in [4.69, 9.17) is 0 Å². The zero-order chi connectivity index (χ0) is 26.7. The van der Waals surface area contributed by atoms with Gasteiger partial charge in [0.1, 0.15) is 18.4 Å². The van der Waals surface area contributed by atoms with Gasteiger partial charge in [0, 0.05) is 12.0 Å². The monoisotopic (exact) mass is 505 g/mol. The predicted octanol–water partition coefficient (Wildman–Crippen LogP) is 3.43. The third-order valence-electron chi connectivity index (χ3n) is 5.49. The number of carbonyl (C=O) groups is 4. The van der Waals surface area contributed by atoms with Crippen LogP contribution in [-0.4, -0.2) is 42.1 Å². The van der Waals surface area contributed by atoms with Crippen molar-refractivity contribution in [2.45, 2.75) is 63.8 Å². The first kappa shape index (κ1) is 28.5. The molecule has 0 aliphatic carbocycles. The average Bonchev–Trinajstić information content (AvgIpc) is 2.86. The Morgan fingerprint density at radius 2 is 1.56 bits per heavy atom. The zero-order valence-electron chi connectivity index (χ0n) is 20.1. The Hall–Kier alpha value is -3.69. The maximum absolute atomic E-state index is 13.0. The van der Waals surface area contributed by atoms with Crippen molar-refractivity contribution >= 4 is 24.0 Å². The van der Waals surface area contributed by atoms with Gasteiger partial charge in [0.15, 0.2) is 0 Å². The van der Waals surface area contributed by atoms with E-state index in [1.54, 1.807) is 30.3 Å². The highest BCUT2D eigenvalue weighted by molar-refractivity contribution is 5.98. The van der Waals surface area contributed by atoms with E-state index in [0.29, 0.717) is 12.7 Å². The molecule has 7 nitrogen and oxygen atoms in total. The summed E-state index contributed by atoms with van der Waals surface area (Å²) in [5.41, 5.74) is -0.225. The van der Waals surface area contributed by atoms with E-state index in [2.05, 4.69) is 16.0 Å². The molecular weight excluding hydrogens is 475 g/mol. The fourth-order valence-electron chi connectivity index (χ4n) is 3.40. The van der Waals surface area contributed by atoms with Crippen LogP contribution in [0.4, 0.5) is 13.2 Å². The van der Waals surface area contributed by atoms with Crippen LogP contribution in [0.5, 0.6) is 0 Å². The van der Waals surface area contributed by atoms with Gasteiger partial charge in [0.05, 0.1) is 11.6 Å². The Kier molecular flexibility index (Phi) is 10.6. The highest BCUT2D eigenvalue weighted by Crippen LogP contribution is 2.29. The van der Waals surface area contributed by atoms with E-state index in [1.807, 2.05) is 6.92 Å². The second-order valence-electron chi connectivity index (χ2n) is 8.41. The molecule has 0 aliphatic heterocycles. The van der Waals surface area contributed by atoms with Crippen molar-refractivity contribution in [1.29, 1.82) is 0 Å². The number of hydrogen-bond donors (Lipinski definition) is 3. The molecule has 0 radical (unpaired) electrons. The summed E-state index contributed by atoms with van der Waals surface area (Å²) in [6.07, 6.45) is -1.73. The topological polar surface area (TPSA) is 104 Å². The molecule has 194 valence electrons. The molecule has 3 amide bonds. The van der Waals surface area contributed by atoms with Gasteiger partial charge in [-0.25, -0.2) is 0 Å². The van der Waals surface area contributed by atoms with E-state index in [0.717, 1.165) is 42.7 Å². The van der Waals surface area contributed by atoms with Crippen LogP contribution in [0, 0.1) is 0 Å². The molecule has 1 unspecified atom stereocenters. The summed E-state index contributed by atoms with van der Waals surface area (Å²) in [6, 6.07) is 9.66. The van der Waals surface area contributed by atoms with Crippen LogP contribution in [-0.2, 0) is 27.0 Å². The SMILES string of the molecule is CCCCC(C=O)NC(=O)[C@H](C)NC(=O)[C@H](Cc1ccccc1)NC(=O)c1ccc(C(F)(F)F)cc1. The number of rotatable bonds is 12. The van der Waals surface area contributed by atoms with Crippen LogP contribution >= 0.6 is 0 Å². The van der Waals surface area contributed by atoms with Crippen LogP contribution in [0.25, 0.3) is 0 Å². The number of carbonyl (C=O) groups excluding carboxylic acids is 4. The van der Waals surface area contributed by atoms with Crippen LogP contribution < -0.4 is 16.0 Å². The number of amides is 3. The van der Waals surface area contributed by atoms with Crippen molar-refractivity contribution in [2.75, 3.05) is 0 Å². The van der Waals surface area contributed by atoms with Gasteiger partial charge < -0.3 is 20.7 Å². The van der Waals surface area contributed by atoms with Crippen molar-refractivity contribution in [3.8, 4) is 0 Å². The minimum atomic E-state index is -4.54. The van der Waals surface area contributed by atoms with E-state index >= 15 is 0 Å². The third-order valence-corrected chi connectivity index (χ3v) is 5.49. The van der Waals surface area contributed by atoms with Crippen LogP contribution in [0.15, 0.2) is 54.6 Å². The van der Waals surface area contributed by atoms with Gasteiger partial charge in [0.2, 0.25) is 11.8 Å². The minimum absolute atomic E-state index is 0.0515. The quantitative estimate of drug-likeness (QED) is 0.385. The van der Waals surface area contributed by atoms with Crippen molar-refractivity contribution in [3.63, 3.8) is 0 Å². The molecule has 0 bridgehead atoms. The molecule has 0 spiro atoms. The van der Waals surface area contributed by atoms with Crippen molar-refractivity contribution in [3.05, 3.63) is 71.3 Å². The minimum Gasteiger partial charge on any atom is -0.345 e. The standard InChI is InChI=1S/C26H30F3N3O4/c1-3-4-10-21(16-33)31-23(34)17(2)30-25(36)22(15-18-8-6-5-7-9-18)32-24(35)19-11-13-20(14-12-19)26(27,28)29/h5-9,11-14,16-17,21-22H,3-4,10,15H2,1-2H3,(H,30,36)(H,31,34)(H,32,35)/t17-,21?,22-/m0/s1. The second kappa shape index (κ2) is 13.4. The Bertz CT molecular complexity index is 1030. The first-order valence-corrected chi connectivity index (χ1v) is 11.6. The summed E-state index contributed by atoms with van der Waals surface area (Å²) in [7, 11) is 0. The summed E-state index contributed by atoms with van der Waals surface area (Å²) in [4.78, 5) is 49.4. The van der Waals surface area contributed by atoms with Crippen LogP contribution in [0.1, 0.15) is 54.6 Å². The van der Waals surface area contributed by atoms with Crippen LogP contribution in [0.2, 0.25) is 0 Å². The summed E-state index contributed by atoms with van der Waals surface area (Å²) in [6.45, 7) is 3.41. The van der Waals surface area contributed by atoms with Crippen molar-refractivity contribution in [2.24, 2.45) is 0 Å². The Morgan fingerprint density at radius 3 is 2.11 bits per heavy atom. The summed E-state index contributed by atoms with van der Waals surface area (Å²) >= 11 is 0. The van der Waals surface area contributed by atoms with Crippen LogP contribution in [0.3, 0.4) is 0 Å². The fourth-order valence-corrected chi connectivity index (χ4v) is 3.40. The van der Waals surface area contributed by atoms with E-state index in [9.17, 15) is 32.3 Å². The molecule has 0 saturated carbocycles. The fraction of sp³-hybridized carbons (Fsp3) is 0.385. The smallest absolute Gasteiger partial charge is 0.345 e. The summed E-state index contributed by atoms with van der Waals surface area (Å²) in [5, 5.41) is 7.66. The number of benzene rings is 2. The molecule has 0 fully saturated rings. The van der Waals surface area contributed by atoms with Gasteiger partial charge in [-0.2, -0.15) is 13.2 Å². The second-order valence-corrected chi connectivity index (χ2v) is 8.41. The Balaban J connectivity index is 2.12. The maximum Gasteiger partial charge on any atom is 0.416 e. The molecule has 0 aromatic heterocycles. The molecule has 0 saturated heterocycles. The lowest BCUT2D eigenvalue weighted by Crippen LogP contribution is -2.54. The van der Waals surface area contributed by atoms with Crippen molar-refractivity contribution < 1.29 is 32.3 Å². The van der Waals surface area contributed by atoms with Gasteiger partial charge in [-0.1, -0.05) is 50.1 Å². The highest BCUT2D eigenvalue weighted by atomic mass is 19.4. The number of hydrogen-bond acceptors (Lipinski definition) is 4. The molecule has 36 heavy (non-hydrogen) atoms. The van der Waals surface area contributed by atoms with Gasteiger partial charge in [-0.05, 0) is 43.2 Å². The average molecular weight is 506 g/mol. The predicted molar refractivity (Wildman–Crippen MR) is 128 cm³/mol. The highest BCUT2D eigenvalue weighted by Gasteiger charge is 2.31. The number of nitrogens with one attached hydrogen (secondary N) is 3. The largest absolute Gasteiger partial charge is 0.416 e. The number of unbranched alkanes of at least 4 members (excludes halogenated alkanes) is 1. The molecule has 2 aromatic rings. The van der Waals surface area contributed by atoms with E-state index < -0.39 is 47.6 Å². The van der Waals surface area contributed by atoms with Gasteiger partial charge in [-0.3, -0.25) is 14.4 Å². The third kappa shape index (κ3) is 8.83. The molecule has 3 atom stereocenters. The zero-order valence-corrected chi connectivity index (χ0v) is 20.1. The Labute approximate surface area is 207 Å². The lowest BCUT2D eigenvalue weighted by Gasteiger charge is -2.22. The lowest BCUT2D eigenvalue weighted by molar-refractivity contribution is -0.137. The first-order chi connectivity index (χ1) is 17.0. The van der Waals surface area contributed by atoms with Crippen molar-refractivity contribution in [1.82, 2.24) is 16.0 Å². The first-order valence-electron chi connectivity index (χ1n) is 11.6. The molecule has 0 aliphatic rings. The normalized spacial score (nSPS) is 13.7. The van der Waals surface area contributed by atoms with Gasteiger partial charge in [-0.15, -0.1) is 0 Å². The molecule has 2 aromatic carbocycles. The number of halogens is 3. The summed E-state index contributed by atoms with van der Waals surface area (Å²) in [5.74, 6) is -1.94. The molecule has 10 heteroatoms. The van der Waals surface area contributed by atoms with E-state index in [-0.39, 0.29) is 12.0 Å².